The van der Waals surface area contributed by atoms with E-state index in [9.17, 15) is 15.6 Å². The van der Waals surface area contributed by atoms with Crippen LogP contribution in [0.5, 0.6) is 0 Å². The number of benzene rings is 6. The third kappa shape index (κ3) is 4.99. The van der Waals surface area contributed by atoms with Crippen molar-refractivity contribution in [2.24, 2.45) is 11.3 Å². The smallest absolute Gasteiger partial charge is 0.169 e. The maximum atomic E-state index is 15.2. The number of fused-ring (bicyclic) bond motifs is 2. The van der Waals surface area contributed by atoms with Gasteiger partial charge in [-0.05, 0) is 70.6 Å². The minimum Gasteiger partial charge on any atom is -0.384 e. The van der Waals surface area contributed by atoms with E-state index >= 15 is 4.79 Å². The van der Waals surface area contributed by atoms with Gasteiger partial charge >= 0.3 is 0 Å². The summed E-state index contributed by atoms with van der Waals surface area (Å²) in [7, 11) is 0. The molecule has 0 heterocycles. The molecule has 1 saturated carbocycles. The lowest BCUT2D eigenvalue weighted by Gasteiger charge is -2.53. The number of hydrogen-bond acceptors (Lipinski definition) is 4. The predicted molar refractivity (Wildman–Crippen MR) is 186 cm³/mol. The quantitative estimate of drug-likeness (QED) is 0.197. The second kappa shape index (κ2) is 11.7. The number of ketones is 1. The topological polar surface area (TPSA) is 84.9 Å². The molecule has 0 aromatic heterocycles. The monoisotopic (exact) mass is 610 g/mol. The van der Waals surface area contributed by atoms with E-state index in [2.05, 4.69) is 12.1 Å². The highest BCUT2D eigenvalue weighted by Gasteiger charge is 2.64. The van der Waals surface area contributed by atoms with Crippen molar-refractivity contribution in [3.63, 3.8) is 0 Å². The van der Waals surface area contributed by atoms with Crippen LogP contribution in [0.3, 0.4) is 0 Å². The van der Waals surface area contributed by atoms with E-state index in [4.69, 9.17) is 0 Å². The number of nitriles is 2. The van der Waals surface area contributed by atoms with Crippen LogP contribution < -0.4 is 0 Å². The van der Waals surface area contributed by atoms with Crippen molar-refractivity contribution < 1.29 is 9.90 Å². The summed E-state index contributed by atoms with van der Waals surface area (Å²) in [5, 5.41) is 39.5. The Bertz CT molecular complexity index is 2210. The van der Waals surface area contributed by atoms with Crippen molar-refractivity contribution in [2.45, 2.75) is 37.7 Å². The van der Waals surface area contributed by atoms with E-state index in [1.54, 1.807) is 6.07 Å². The van der Waals surface area contributed by atoms with E-state index in [0.29, 0.717) is 16.7 Å². The van der Waals surface area contributed by atoms with Crippen molar-refractivity contribution in [3.8, 4) is 12.1 Å². The lowest BCUT2D eigenvalue weighted by Crippen LogP contribution is -2.55. The summed E-state index contributed by atoms with van der Waals surface area (Å²) in [6.45, 7) is 3.97. The number of aliphatic hydroxyl groups is 1. The third-order valence-electron chi connectivity index (χ3n) is 10.3. The van der Waals surface area contributed by atoms with Crippen LogP contribution in [-0.2, 0) is 5.60 Å². The molecular weight excluding hydrogens is 576 g/mol. The summed E-state index contributed by atoms with van der Waals surface area (Å²) < 4.78 is 0. The Morgan fingerprint density at radius 2 is 1.17 bits per heavy atom. The van der Waals surface area contributed by atoms with Crippen LogP contribution in [-0.4, -0.2) is 10.9 Å². The van der Waals surface area contributed by atoms with Crippen LogP contribution in [0.25, 0.3) is 21.5 Å². The molecule has 47 heavy (non-hydrogen) atoms. The zero-order valence-electron chi connectivity index (χ0n) is 26.4. The molecule has 4 unspecified atom stereocenters. The molecule has 1 N–H and O–H groups in total. The highest BCUT2D eigenvalue weighted by Crippen LogP contribution is 2.63. The third-order valence-corrected chi connectivity index (χ3v) is 10.3. The molecule has 0 spiro atoms. The van der Waals surface area contributed by atoms with Gasteiger partial charge < -0.3 is 5.11 Å². The highest BCUT2D eigenvalue weighted by molar-refractivity contribution is 6.03. The van der Waals surface area contributed by atoms with E-state index in [-0.39, 0.29) is 12.2 Å². The number of nitrogens with zero attached hydrogens (tertiary/aromatic N) is 2. The molecule has 0 amide bonds. The summed E-state index contributed by atoms with van der Waals surface area (Å²) in [6, 6.07) is 47.6. The highest BCUT2D eigenvalue weighted by atomic mass is 16.3. The molecular formula is C43H34N2O2. The Kier molecular flexibility index (Phi) is 7.48. The second-order valence-corrected chi connectivity index (χ2v) is 13.0. The van der Waals surface area contributed by atoms with Crippen molar-refractivity contribution in [1.29, 1.82) is 10.5 Å². The molecule has 0 radical (unpaired) electrons. The molecule has 4 atom stereocenters. The number of carbonyl (C=O) groups is 1. The molecule has 6 aromatic carbocycles. The molecule has 1 aliphatic carbocycles. The van der Waals surface area contributed by atoms with Crippen molar-refractivity contribution in [2.75, 3.05) is 0 Å². The fourth-order valence-corrected chi connectivity index (χ4v) is 7.73. The van der Waals surface area contributed by atoms with Crippen LogP contribution in [0.4, 0.5) is 0 Å². The van der Waals surface area contributed by atoms with Crippen LogP contribution in [0.15, 0.2) is 133 Å². The van der Waals surface area contributed by atoms with E-state index in [1.165, 1.54) is 0 Å². The van der Waals surface area contributed by atoms with Gasteiger partial charge in [0, 0.05) is 17.4 Å². The SMILES string of the molecule is Cc1ccc(C2CC(O)(c3ccc4ccccc4c3)C(C(=O)c3ccc4ccccc4c3)C(c3ccc(C)cc3)C2(C#N)C#N)cc1. The number of aryl methyl sites for hydroxylation is 2. The van der Waals surface area contributed by atoms with Crippen LogP contribution >= 0.6 is 0 Å². The Labute approximate surface area is 275 Å². The van der Waals surface area contributed by atoms with Crippen LogP contribution in [0.2, 0.25) is 0 Å². The van der Waals surface area contributed by atoms with Gasteiger partial charge in [0.25, 0.3) is 0 Å². The summed E-state index contributed by atoms with van der Waals surface area (Å²) >= 11 is 0. The van der Waals surface area contributed by atoms with E-state index in [0.717, 1.165) is 38.2 Å². The maximum absolute atomic E-state index is 15.2. The Hall–Kier alpha value is -5.55. The van der Waals surface area contributed by atoms with Gasteiger partial charge in [0.1, 0.15) is 5.60 Å². The zero-order chi connectivity index (χ0) is 32.8. The van der Waals surface area contributed by atoms with E-state index < -0.39 is 28.8 Å². The summed E-state index contributed by atoms with van der Waals surface area (Å²) in [4.78, 5) is 15.2. The van der Waals surface area contributed by atoms with Gasteiger partial charge in [-0.1, -0.05) is 132 Å². The molecule has 7 rings (SSSR count). The number of carbonyl (C=O) groups excluding carboxylic acids is 1. The van der Waals surface area contributed by atoms with Crippen molar-refractivity contribution in [1.82, 2.24) is 0 Å². The first kappa shape index (κ1) is 30.1. The van der Waals surface area contributed by atoms with Crippen molar-refractivity contribution in [3.05, 3.63) is 167 Å². The lowest BCUT2D eigenvalue weighted by molar-refractivity contribution is -0.0782. The lowest BCUT2D eigenvalue weighted by atomic mass is 9.48. The van der Waals surface area contributed by atoms with Gasteiger partial charge in [0.2, 0.25) is 0 Å². The first-order valence-corrected chi connectivity index (χ1v) is 16.0. The number of Topliss-reactive ketones (excluding diaryl/α,β-unsaturated/α-hetero) is 1. The normalized spacial score (nSPS) is 21.9. The minimum absolute atomic E-state index is 0.0157. The fourth-order valence-electron chi connectivity index (χ4n) is 7.73. The minimum atomic E-state index is -1.73. The Balaban J connectivity index is 1.54. The fraction of sp³-hybridized carbons (Fsp3) is 0.186. The molecule has 0 saturated heterocycles. The molecule has 1 fully saturated rings. The molecule has 228 valence electrons. The Morgan fingerprint density at radius 1 is 0.660 bits per heavy atom. The molecule has 4 nitrogen and oxygen atoms in total. The molecule has 0 bridgehead atoms. The van der Waals surface area contributed by atoms with Crippen LogP contribution in [0.1, 0.15) is 56.4 Å². The van der Waals surface area contributed by atoms with Crippen molar-refractivity contribution >= 4 is 27.3 Å². The number of rotatable bonds is 5. The summed E-state index contributed by atoms with van der Waals surface area (Å²) in [5.41, 5.74) is 1.16. The summed E-state index contributed by atoms with van der Waals surface area (Å²) in [6.07, 6.45) is 0.0157. The first-order chi connectivity index (χ1) is 22.8. The van der Waals surface area contributed by atoms with Gasteiger partial charge in [-0.3, -0.25) is 4.79 Å². The average molecular weight is 611 g/mol. The Morgan fingerprint density at radius 3 is 1.74 bits per heavy atom. The molecule has 4 heteroatoms. The number of hydrogen-bond donors (Lipinski definition) is 1. The van der Waals surface area contributed by atoms with Gasteiger partial charge in [0.05, 0.1) is 18.1 Å². The summed E-state index contributed by atoms with van der Waals surface area (Å²) in [5.74, 6) is -3.09. The maximum Gasteiger partial charge on any atom is 0.169 e. The average Bonchev–Trinajstić information content (AvgIpc) is 3.11. The van der Waals surface area contributed by atoms with Gasteiger partial charge in [-0.2, -0.15) is 10.5 Å². The van der Waals surface area contributed by atoms with Crippen LogP contribution in [0, 0.1) is 47.8 Å². The van der Waals surface area contributed by atoms with Gasteiger partial charge in [-0.15, -0.1) is 0 Å². The standard InChI is InChI=1S/C43H34N2O2/c1-28-11-15-32(16-12-28)38-25-43(47,37-22-21-31-8-4-6-10-35(31)24-37)40(41(46)36-20-19-30-7-3-5-9-34(30)23-36)39(42(38,26-44)27-45)33-17-13-29(2)14-18-33/h3-24,38-40,47H,25H2,1-2H3. The predicted octanol–water partition coefficient (Wildman–Crippen LogP) is 9.30. The zero-order valence-corrected chi connectivity index (χ0v) is 26.4. The van der Waals surface area contributed by atoms with Gasteiger partial charge in [-0.25, -0.2) is 0 Å². The molecule has 0 aliphatic heterocycles. The largest absolute Gasteiger partial charge is 0.384 e. The van der Waals surface area contributed by atoms with Gasteiger partial charge in [0.15, 0.2) is 11.2 Å². The molecule has 1 aliphatic rings. The first-order valence-electron chi connectivity index (χ1n) is 16.0. The molecule has 6 aromatic rings. The van der Waals surface area contributed by atoms with E-state index in [1.807, 2.05) is 141 Å². The second-order valence-electron chi connectivity index (χ2n) is 13.0.